The Kier molecular flexibility index (Phi) is 5.28. The number of benzene rings is 1. The number of thiophene rings is 1. The van der Waals surface area contributed by atoms with Gasteiger partial charge in [-0.25, -0.2) is 9.97 Å². The highest BCUT2D eigenvalue weighted by Gasteiger charge is 2.18. The Hall–Kier alpha value is -2.55. The Morgan fingerprint density at radius 3 is 2.89 bits per heavy atom. The van der Waals surface area contributed by atoms with Gasteiger partial charge in [-0.15, -0.1) is 34.0 Å². The van der Waals surface area contributed by atoms with Gasteiger partial charge in [-0.3, -0.25) is 4.79 Å². The summed E-state index contributed by atoms with van der Waals surface area (Å²) in [7, 11) is 0. The van der Waals surface area contributed by atoms with Crippen molar-refractivity contribution in [3.63, 3.8) is 0 Å². The van der Waals surface area contributed by atoms with Gasteiger partial charge in [0.1, 0.15) is 22.2 Å². The molecule has 0 aliphatic rings. The van der Waals surface area contributed by atoms with Crippen LogP contribution in [0.4, 0.5) is 5.69 Å². The summed E-state index contributed by atoms with van der Waals surface area (Å²) in [6, 6.07) is 11.4. The second-order valence-corrected chi connectivity index (χ2v) is 8.30. The van der Waals surface area contributed by atoms with Crippen LogP contribution >= 0.6 is 34.0 Å². The number of carbonyl (C=O) groups excluding carboxylic acids is 1. The van der Waals surface area contributed by atoms with E-state index in [1.165, 1.54) is 22.7 Å². The number of aromatic nitrogens is 2. The molecule has 1 amide bonds. The zero-order chi connectivity index (χ0) is 18.6. The Balaban J connectivity index is 1.51. The number of anilines is 1. The summed E-state index contributed by atoms with van der Waals surface area (Å²) in [6.07, 6.45) is 0. The molecule has 0 unspecified atom stereocenters. The Bertz CT molecular complexity index is 1040. The van der Waals surface area contributed by atoms with E-state index < -0.39 is 0 Å². The number of hydrogen-bond donors (Lipinski definition) is 1. The predicted octanol–water partition coefficient (Wildman–Crippen LogP) is 5.47. The highest BCUT2D eigenvalue weighted by Crippen LogP contribution is 2.32. The number of nitrogens with one attached hydrogen (secondary N) is 1. The molecule has 4 rings (SSSR count). The van der Waals surface area contributed by atoms with E-state index in [0.717, 1.165) is 21.3 Å². The van der Waals surface area contributed by atoms with Crippen molar-refractivity contribution in [1.29, 1.82) is 0 Å². The van der Waals surface area contributed by atoms with E-state index in [1.807, 2.05) is 54.1 Å². The van der Waals surface area contributed by atoms with Crippen molar-refractivity contribution in [3.8, 4) is 15.6 Å². The largest absolute Gasteiger partial charge is 0.485 e. The van der Waals surface area contributed by atoms with Crippen LogP contribution in [0.25, 0.3) is 9.88 Å². The van der Waals surface area contributed by atoms with Crippen LogP contribution in [0.2, 0.25) is 0 Å². The van der Waals surface area contributed by atoms with Crippen molar-refractivity contribution in [2.45, 2.75) is 13.5 Å². The quantitative estimate of drug-likeness (QED) is 0.455. The molecule has 0 fully saturated rings. The molecule has 3 aromatic heterocycles. The minimum atomic E-state index is -0.183. The van der Waals surface area contributed by atoms with E-state index in [0.29, 0.717) is 22.9 Å². The molecule has 0 spiro atoms. The molecular formula is C19H15N3O2S3. The summed E-state index contributed by atoms with van der Waals surface area (Å²) in [5, 5.41) is 7.75. The molecule has 27 heavy (non-hydrogen) atoms. The molecular weight excluding hydrogens is 398 g/mol. The van der Waals surface area contributed by atoms with Gasteiger partial charge in [-0.1, -0.05) is 18.2 Å². The van der Waals surface area contributed by atoms with Gasteiger partial charge in [-0.05, 0) is 30.5 Å². The van der Waals surface area contributed by atoms with Gasteiger partial charge in [0.15, 0.2) is 0 Å². The fourth-order valence-corrected chi connectivity index (χ4v) is 4.75. The van der Waals surface area contributed by atoms with Crippen molar-refractivity contribution >= 4 is 45.6 Å². The van der Waals surface area contributed by atoms with E-state index in [4.69, 9.17) is 4.74 Å². The van der Waals surface area contributed by atoms with Crippen LogP contribution < -0.4 is 10.1 Å². The van der Waals surface area contributed by atoms with Gasteiger partial charge in [0.05, 0.1) is 27.5 Å². The van der Waals surface area contributed by atoms with Crippen LogP contribution in [0, 0.1) is 6.92 Å². The third-order valence-corrected chi connectivity index (χ3v) is 6.56. The number of aryl methyl sites for hydroxylation is 1. The molecule has 5 nitrogen and oxygen atoms in total. The maximum atomic E-state index is 12.8. The molecule has 1 aromatic carbocycles. The average molecular weight is 414 g/mol. The Morgan fingerprint density at radius 2 is 2.11 bits per heavy atom. The molecule has 1 N–H and O–H groups in total. The Morgan fingerprint density at radius 1 is 1.22 bits per heavy atom. The second-order valence-electron chi connectivity index (χ2n) is 5.63. The van der Waals surface area contributed by atoms with Crippen molar-refractivity contribution < 1.29 is 9.53 Å². The topological polar surface area (TPSA) is 64.1 Å². The third-order valence-electron chi connectivity index (χ3n) is 3.73. The smallest absolute Gasteiger partial charge is 0.267 e. The lowest BCUT2D eigenvalue weighted by Gasteiger charge is -2.11. The third kappa shape index (κ3) is 4.08. The average Bonchev–Trinajstić information content (AvgIpc) is 3.42. The number of carbonyl (C=O) groups is 1. The number of thiazole rings is 2. The lowest BCUT2D eigenvalue weighted by molar-refractivity contribution is 0.102. The molecule has 4 aromatic rings. The molecule has 136 valence electrons. The summed E-state index contributed by atoms with van der Waals surface area (Å²) < 4.78 is 5.83. The predicted molar refractivity (Wildman–Crippen MR) is 111 cm³/mol. The van der Waals surface area contributed by atoms with E-state index in [9.17, 15) is 4.79 Å². The summed E-state index contributed by atoms with van der Waals surface area (Å²) >= 11 is 4.54. The van der Waals surface area contributed by atoms with E-state index in [2.05, 4.69) is 15.3 Å². The summed E-state index contributed by atoms with van der Waals surface area (Å²) in [6.45, 7) is 2.21. The minimum absolute atomic E-state index is 0.183. The van der Waals surface area contributed by atoms with Crippen molar-refractivity contribution in [2.75, 3.05) is 5.32 Å². The summed E-state index contributed by atoms with van der Waals surface area (Å²) in [5.74, 6) is 0.428. The number of amides is 1. The van der Waals surface area contributed by atoms with Crippen LogP contribution in [0.15, 0.2) is 52.7 Å². The highest BCUT2D eigenvalue weighted by atomic mass is 32.1. The number of hydrogen-bond acceptors (Lipinski definition) is 7. The molecule has 0 radical (unpaired) electrons. The molecule has 3 heterocycles. The van der Waals surface area contributed by atoms with Gasteiger partial charge in [0, 0.05) is 5.38 Å². The van der Waals surface area contributed by atoms with Crippen LogP contribution in [-0.2, 0) is 6.61 Å². The molecule has 0 aliphatic heterocycles. The van der Waals surface area contributed by atoms with E-state index >= 15 is 0 Å². The van der Waals surface area contributed by atoms with Crippen molar-refractivity contribution in [2.24, 2.45) is 0 Å². The fourth-order valence-electron chi connectivity index (χ4n) is 2.45. The van der Waals surface area contributed by atoms with Gasteiger partial charge >= 0.3 is 0 Å². The van der Waals surface area contributed by atoms with Crippen LogP contribution in [0.1, 0.15) is 21.1 Å². The number of nitrogens with zero attached hydrogens (tertiary/aromatic N) is 2. The SMILES string of the molecule is Cc1nc(-c2cccs2)sc1C(=O)Nc1ccccc1OCc1cscn1. The van der Waals surface area contributed by atoms with E-state index in [-0.39, 0.29) is 5.91 Å². The van der Waals surface area contributed by atoms with Crippen LogP contribution in [0.3, 0.4) is 0 Å². The summed E-state index contributed by atoms with van der Waals surface area (Å²) in [4.78, 5) is 23.2. The monoisotopic (exact) mass is 413 g/mol. The van der Waals surface area contributed by atoms with Crippen LogP contribution in [-0.4, -0.2) is 15.9 Å². The molecule has 0 aliphatic carbocycles. The fraction of sp³-hybridized carbons (Fsp3) is 0.105. The summed E-state index contributed by atoms with van der Waals surface area (Å²) in [5.41, 5.74) is 3.98. The van der Waals surface area contributed by atoms with Gasteiger partial charge in [0.25, 0.3) is 5.91 Å². The molecule has 0 bridgehead atoms. The van der Waals surface area contributed by atoms with E-state index in [1.54, 1.807) is 16.8 Å². The zero-order valence-corrected chi connectivity index (χ0v) is 16.8. The number of rotatable bonds is 6. The number of para-hydroxylation sites is 2. The normalized spacial score (nSPS) is 10.7. The van der Waals surface area contributed by atoms with Crippen LogP contribution in [0.5, 0.6) is 5.75 Å². The first-order chi connectivity index (χ1) is 13.2. The lowest BCUT2D eigenvalue weighted by Crippen LogP contribution is -2.12. The molecule has 8 heteroatoms. The van der Waals surface area contributed by atoms with Gasteiger partial charge < -0.3 is 10.1 Å². The maximum Gasteiger partial charge on any atom is 0.267 e. The van der Waals surface area contributed by atoms with Gasteiger partial charge in [0.2, 0.25) is 0 Å². The molecule has 0 saturated heterocycles. The highest BCUT2D eigenvalue weighted by molar-refractivity contribution is 7.22. The molecule has 0 saturated carbocycles. The van der Waals surface area contributed by atoms with Crippen molar-refractivity contribution in [3.05, 3.63) is 68.9 Å². The first-order valence-electron chi connectivity index (χ1n) is 8.12. The number of ether oxygens (including phenoxy) is 1. The Labute approximate surface area is 168 Å². The lowest BCUT2D eigenvalue weighted by atomic mass is 10.2. The van der Waals surface area contributed by atoms with Crippen molar-refractivity contribution in [1.82, 2.24) is 9.97 Å². The zero-order valence-electron chi connectivity index (χ0n) is 14.3. The maximum absolute atomic E-state index is 12.8. The minimum Gasteiger partial charge on any atom is -0.485 e. The van der Waals surface area contributed by atoms with Gasteiger partial charge in [-0.2, -0.15) is 0 Å². The second kappa shape index (κ2) is 7.99. The molecule has 0 atom stereocenters. The standard InChI is InChI=1S/C19H15N3O2S3/c1-12-17(27-19(21-12)16-7-4-8-26-16)18(23)22-14-5-2-3-6-15(14)24-9-13-10-25-11-20-13/h2-8,10-11H,9H2,1H3,(H,22,23). The first-order valence-corrected chi connectivity index (χ1v) is 10.8. The first kappa shape index (κ1) is 17.8.